The summed E-state index contributed by atoms with van der Waals surface area (Å²) in [6.07, 6.45) is 0. The van der Waals surface area contributed by atoms with Crippen LogP contribution in [-0.2, 0) is 4.79 Å². The first kappa shape index (κ1) is 22.5. The van der Waals surface area contributed by atoms with Crippen LogP contribution >= 0.6 is 0 Å². The smallest absolute Gasteiger partial charge is 0.270 e. The average Bonchev–Trinajstić information content (AvgIpc) is 2.83. The molecule has 0 aliphatic rings. The summed E-state index contributed by atoms with van der Waals surface area (Å²) in [6, 6.07) is 20.8. The highest BCUT2D eigenvalue weighted by atomic mass is 16.6. The number of hydrogen-bond donors (Lipinski definition) is 2. The second kappa shape index (κ2) is 10.2. The van der Waals surface area contributed by atoms with Gasteiger partial charge in [0, 0.05) is 17.7 Å². The van der Waals surface area contributed by atoms with Crippen molar-refractivity contribution in [3.63, 3.8) is 0 Å². The molecule has 0 saturated heterocycles. The van der Waals surface area contributed by atoms with Crippen LogP contribution in [0.2, 0.25) is 0 Å². The predicted octanol–water partition coefficient (Wildman–Crippen LogP) is 3.63. The van der Waals surface area contributed by atoms with E-state index in [-0.39, 0.29) is 11.3 Å². The lowest BCUT2D eigenvalue weighted by Gasteiger charge is -2.23. The van der Waals surface area contributed by atoms with Gasteiger partial charge in [-0.05, 0) is 36.2 Å². The fourth-order valence-corrected chi connectivity index (χ4v) is 3.17. The maximum Gasteiger partial charge on any atom is 0.270 e. The number of ether oxygens (including phenoxy) is 1. The van der Waals surface area contributed by atoms with Crippen LogP contribution in [0.1, 0.15) is 34.5 Å². The molecular weight excluding hydrogens is 410 g/mol. The minimum absolute atomic E-state index is 0.105. The van der Waals surface area contributed by atoms with Crippen LogP contribution in [0.15, 0.2) is 78.9 Å². The van der Waals surface area contributed by atoms with Crippen molar-refractivity contribution in [3.05, 3.63) is 106 Å². The molecule has 0 spiro atoms. The Morgan fingerprint density at radius 2 is 1.56 bits per heavy atom. The summed E-state index contributed by atoms with van der Waals surface area (Å²) in [5.74, 6) is -0.269. The maximum atomic E-state index is 12.9. The van der Waals surface area contributed by atoms with Gasteiger partial charge in [-0.2, -0.15) is 0 Å². The molecule has 0 heterocycles. The number of hydrogen-bond acceptors (Lipinski definition) is 5. The number of nitro benzene ring substituents is 1. The Labute approximate surface area is 185 Å². The van der Waals surface area contributed by atoms with Crippen LogP contribution in [0, 0.1) is 10.1 Å². The van der Waals surface area contributed by atoms with Crippen molar-refractivity contribution in [3.8, 4) is 5.75 Å². The zero-order valence-corrected chi connectivity index (χ0v) is 17.6. The highest BCUT2D eigenvalue weighted by Crippen LogP contribution is 2.24. The maximum absolute atomic E-state index is 12.9. The highest BCUT2D eigenvalue weighted by Gasteiger charge is 2.23. The molecule has 0 aliphatic carbocycles. The Balaban J connectivity index is 1.75. The fourth-order valence-electron chi connectivity index (χ4n) is 3.17. The van der Waals surface area contributed by atoms with Gasteiger partial charge in [0.15, 0.2) is 0 Å². The van der Waals surface area contributed by atoms with Crippen LogP contribution in [-0.4, -0.2) is 29.9 Å². The van der Waals surface area contributed by atoms with E-state index in [1.807, 2.05) is 54.6 Å². The molecule has 0 bridgehead atoms. The lowest BCUT2D eigenvalue weighted by Crippen LogP contribution is -2.46. The largest absolute Gasteiger partial charge is 0.497 e. The van der Waals surface area contributed by atoms with Gasteiger partial charge in [0.05, 0.1) is 18.1 Å². The van der Waals surface area contributed by atoms with Crippen LogP contribution < -0.4 is 15.4 Å². The summed E-state index contributed by atoms with van der Waals surface area (Å²) in [4.78, 5) is 35.8. The minimum Gasteiger partial charge on any atom is -0.497 e. The third-order valence-corrected chi connectivity index (χ3v) is 4.93. The fraction of sp³-hybridized carbons (Fsp3) is 0.167. The van der Waals surface area contributed by atoms with Crippen LogP contribution in [0.25, 0.3) is 0 Å². The van der Waals surface area contributed by atoms with E-state index in [0.29, 0.717) is 5.75 Å². The molecule has 2 amide bonds. The SMILES string of the molecule is COc1ccc(C(NC(=O)C(C)NC(=O)c2cccc([N+](=O)[O-])c2)c2ccccc2)cc1. The van der Waals surface area contributed by atoms with E-state index >= 15 is 0 Å². The molecule has 0 radical (unpaired) electrons. The Morgan fingerprint density at radius 1 is 0.906 bits per heavy atom. The van der Waals surface area contributed by atoms with E-state index in [2.05, 4.69) is 10.6 Å². The molecule has 0 aromatic heterocycles. The van der Waals surface area contributed by atoms with E-state index in [0.717, 1.165) is 11.1 Å². The van der Waals surface area contributed by atoms with Crippen molar-refractivity contribution in [2.24, 2.45) is 0 Å². The molecule has 164 valence electrons. The Morgan fingerprint density at radius 3 is 2.19 bits per heavy atom. The van der Waals surface area contributed by atoms with Crippen molar-refractivity contribution in [2.75, 3.05) is 7.11 Å². The molecule has 0 aliphatic heterocycles. The van der Waals surface area contributed by atoms with Gasteiger partial charge < -0.3 is 15.4 Å². The van der Waals surface area contributed by atoms with Gasteiger partial charge in [-0.3, -0.25) is 19.7 Å². The van der Waals surface area contributed by atoms with Crippen molar-refractivity contribution in [2.45, 2.75) is 19.0 Å². The molecule has 2 N–H and O–H groups in total. The molecule has 32 heavy (non-hydrogen) atoms. The van der Waals surface area contributed by atoms with Crippen molar-refractivity contribution in [1.82, 2.24) is 10.6 Å². The second-order valence-electron chi connectivity index (χ2n) is 7.13. The molecule has 3 rings (SSSR count). The van der Waals surface area contributed by atoms with Crippen molar-refractivity contribution < 1.29 is 19.2 Å². The van der Waals surface area contributed by atoms with Crippen LogP contribution in [0.4, 0.5) is 5.69 Å². The first-order chi connectivity index (χ1) is 15.4. The van der Waals surface area contributed by atoms with Gasteiger partial charge in [0.2, 0.25) is 5.91 Å². The number of non-ortho nitro benzene ring substituents is 1. The molecule has 2 atom stereocenters. The van der Waals surface area contributed by atoms with Gasteiger partial charge >= 0.3 is 0 Å². The molecule has 3 aromatic carbocycles. The molecule has 8 nitrogen and oxygen atoms in total. The summed E-state index contributed by atoms with van der Waals surface area (Å²) in [7, 11) is 1.58. The van der Waals surface area contributed by atoms with E-state index < -0.39 is 28.8 Å². The van der Waals surface area contributed by atoms with Gasteiger partial charge in [-0.1, -0.05) is 48.5 Å². The topological polar surface area (TPSA) is 111 Å². The number of methoxy groups -OCH3 is 1. The lowest BCUT2D eigenvalue weighted by atomic mass is 9.98. The monoisotopic (exact) mass is 433 g/mol. The molecule has 3 aromatic rings. The van der Waals surface area contributed by atoms with E-state index in [9.17, 15) is 19.7 Å². The van der Waals surface area contributed by atoms with Gasteiger partial charge in [0.1, 0.15) is 11.8 Å². The number of nitrogens with one attached hydrogen (secondary N) is 2. The predicted molar refractivity (Wildman–Crippen MR) is 119 cm³/mol. The third kappa shape index (κ3) is 5.48. The normalized spacial score (nSPS) is 12.3. The summed E-state index contributed by atoms with van der Waals surface area (Å²) in [5, 5.41) is 16.5. The Bertz CT molecular complexity index is 1100. The standard InChI is InChI=1S/C24H23N3O5/c1-16(25-24(29)19-9-6-10-20(15-19)27(30)31)23(28)26-22(17-7-4-3-5-8-17)18-11-13-21(32-2)14-12-18/h3-16,22H,1-2H3,(H,25,29)(H,26,28). The van der Waals surface area contributed by atoms with Gasteiger partial charge in [-0.15, -0.1) is 0 Å². The van der Waals surface area contributed by atoms with Gasteiger partial charge in [0.25, 0.3) is 11.6 Å². The zero-order chi connectivity index (χ0) is 23.1. The average molecular weight is 433 g/mol. The van der Waals surface area contributed by atoms with Crippen molar-refractivity contribution >= 4 is 17.5 Å². The summed E-state index contributed by atoms with van der Waals surface area (Å²) in [6.45, 7) is 1.56. The number of carbonyl (C=O) groups excluding carboxylic acids is 2. The molecular formula is C24H23N3O5. The number of carbonyl (C=O) groups is 2. The third-order valence-electron chi connectivity index (χ3n) is 4.93. The van der Waals surface area contributed by atoms with E-state index in [1.54, 1.807) is 14.0 Å². The quantitative estimate of drug-likeness (QED) is 0.416. The van der Waals surface area contributed by atoms with E-state index in [1.165, 1.54) is 24.3 Å². The molecule has 2 unspecified atom stereocenters. The molecule has 0 saturated carbocycles. The number of benzene rings is 3. The van der Waals surface area contributed by atoms with Crippen LogP contribution in [0.3, 0.4) is 0 Å². The first-order valence-corrected chi connectivity index (χ1v) is 9.93. The zero-order valence-electron chi connectivity index (χ0n) is 17.6. The Hall–Kier alpha value is -4.20. The second-order valence-corrected chi connectivity index (χ2v) is 7.13. The molecule has 0 fully saturated rings. The van der Waals surface area contributed by atoms with Crippen LogP contribution in [0.5, 0.6) is 5.75 Å². The van der Waals surface area contributed by atoms with Crippen molar-refractivity contribution in [1.29, 1.82) is 0 Å². The van der Waals surface area contributed by atoms with E-state index in [4.69, 9.17) is 4.74 Å². The highest BCUT2D eigenvalue weighted by molar-refractivity contribution is 5.98. The summed E-state index contributed by atoms with van der Waals surface area (Å²) >= 11 is 0. The Kier molecular flexibility index (Phi) is 7.17. The summed E-state index contributed by atoms with van der Waals surface area (Å²) in [5.41, 5.74) is 1.64. The number of nitrogens with zero attached hydrogens (tertiary/aromatic N) is 1. The number of nitro groups is 1. The lowest BCUT2D eigenvalue weighted by molar-refractivity contribution is -0.384. The number of amides is 2. The minimum atomic E-state index is -0.869. The van der Waals surface area contributed by atoms with Gasteiger partial charge in [-0.25, -0.2) is 0 Å². The first-order valence-electron chi connectivity index (χ1n) is 9.93. The molecule has 8 heteroatoms. The number of rotatable bonds is 8. The summed E-state index contributed by atoms with van der Waals surface area (Å²) < 4.78 is 5.21.